The SMILES string of the molecule is C=CCOC(=O)C1=C(CO)SC2C(C(C(C)(C)C)C(C)(C)O[Si])C(=O)N12. The molecule has 0 bridgehead atoms. The fraction of sp³-hybridized carbons (Fsp3) is 0.667. The van der Waals surface area contributed by atoms with Gasteiger partial charge in [-0.05, 0) is 19.3 Å². The Morgan fingerprint density at radius 1 is 1.42 bits per heavy atom. The molecule has 1 fully saturated rings. The lowest BCUT2D eigenvalue weighted by atomic mass is 9.63. The minimum Gasteiger partial charge on any atom is -0.457 e. The fourth-order valence-corrected chi connectivity index (χ4v) is 5.62. The van der Waals surface area contributed by atoms with E-state index in [9.17, 15) is 14.7 Å². The zero-order chi connectivity index (χ0) is 19.9. The van der Waals surface area contributed by atoms with Crippen molar-refractivity contribution in [2.75, 3.05) is 13.2 Å². The number of esters is 1. The first-order valence-electron chi connectivity index (χ1n) is 8.47. The number of hydrogen-bond donors (Lipinski definition) is 1. The molecule has 26 heavy (non-hydrogen) atoms. The molecular formula is C18H26NO5SSi. The second kappa shape index (κ2) is 7.50. The maximum absolute atomic E-state index is 13.0. The van der Waals surface area contributed by atoms with Gasteiger partial charge in [0.25, 0.3) is 0 Å². The number of aliphatic hydroxyl groups excluding tert-OH is 1. The van der Waals surface area contributed by atoms with Crippen molar-refractivity contribution in [3.63, 3.8) is 0 Å². The van der Waals surface area contributed by atoms with Crippen molar-refractivity contribution < 1.29 is 23.9 Å². The molecule has 3 atom stereocenters. The van der Waals surface area contributed by atoms with Crippen LogP contribution in [0.2, 0.25) is 0 Å². The highest BCUT2D eigenvalue weighted by atomic mass is 32.2. The molecule has 1 N–H and O–H groups in total. The number of fused-ring (bicyclic) bond motifs is 1. The van der Waals surface area contributed by atoms with E-state index in [-0.39, 0.29) is 47.4 Å². The van der Waals surface area contributed by atoms with Gasteiger partial charge in [-0.15, -0.1) is 0 Å². The van der Waals surface area contributed by atoms with Gasteiger partial charge in [-0.25, -0.2) is 4.79 Å². The molecule has 3 unspecified atom stereocenters. The standard InChI is InChI=1S/C18H26NO5SSi/c1-7-8-23-16(22)12-10(9-20)25-15-11(14(21)19(12)15)13(17(2,3)4)18(5,6)24-26/h7,11,13,15,20H,1,8-9H2,2-6H3. The van der Waals surface area contributed by atoms with E-state index in [0.717, 1.165) is 0 Å². The maximum Gasteiger partial charge on any atom is 0.356 e. The Labute approximate surface area is 162 Å². The molecule has 2 aliphatic heterocycles. The number of aliphatic hydroxyl groups is 1. The van der Waals surface area contributed by atoms with Crippen LogP contribution in [0.1, 0.15) is 34.6 Å². The van der Waals surface area contributed by atoms with Crippen LogP contribution in [0.5, 0.6) is 0 Å². The number of carbonyl (C=O) groups is 2. The van der Waals surface area contributed by atoms with Crippen LogP contribution >= 0.6 is 11.8 Å². The van der Waals surface area contributed by atoms with E-state index in [2.05, 4.69) is 37.8 Å². The summed E-state index contributed by atoms with van der Waals surface area (Å²) >= 11 is 1.35. The van der Waals surface area contributed by atoms with Gasteiger partial charge in [0.05, 0.1) is 23.5 Å². The third-order valence-electron chi connectivity index (χ3n) is 4.83. The molecule has 6 nitrogen and oxygen atoms in total. The molecule has 0 aromatic carbocycles. The Balaban J connectivity index is 2.34. The van der Waals surface area contributed by atoms with Crippen LogP contribution in [0.15, 0.2) is 23.3 Å². The lowest BCUT2D eigenvalue weighted by molar-refractivity contribution is -0.165. The molecular weight excluding hydrogens is 370 g/mol. The molecule has 1 amide bonds. The highest BCUT2D eigenvalue weighted by molar-refractivity contribution is 8.04. The van der Waals surface area contributed by atoms with Crippen LogP contribution in [0.3, 0.4) is 0 Å². The quantitative estimate of drug-likeness (QED) is 0.307. The minimum atomic E-state index is -0.612. The third kappa shape index (κ3) is 3.52. The number of nitrogens with zero attached hydrogens (tertiary/aromatic N) is 1. The van der Waals surface area contributed by atoms with Gasteiger partial charge in [0, 0.05) is 10.8 Å². The smallest absolute Gasteiger partial charge is 0.356 e. The first-order valence-corrected chi connectivity index (χ1v) is 9.76. The summed E-state index contributed by atoms with van der Waals surface area (Å²) in [6.45, 7) is 13.3. The zero-order valence-corrected chi connectivity index (χ0v) is 17.7. The second-order valence-corrected chi connectivity index (χ2v) is 9.52. The Morgan fingerprint density at radius 2 is 2.04 bits per heavy atom. The Kier molecular flexibility index (Phi) is 6.12. The van der Waals surface area contributed by atoms with Crippen LogP contribution in [0.4, 0.5) is 0 Å². The lowest BCUT2D eigenvalue weighted by Gasteiger charge is -2.54. The highest BCUT2D eigenvalue weighted by Gasteiger charge is 2.62. The Morgan fingerprint density at radius 3 is 2.50 bits per heavy atom. The monoisotopic (exact) mass is 396 g/mol. The largest absolute Gasteiger partial charge is 0.457 e. The highest BCUT2D eigenvalue weighted by Crippen LogP contribution is 2.56. The normalized spacial score (nSPS) is 24.3. The van der Waals surface area contributed by atoms with Gasteiger partial charge in [-0.3, -0.25) is 9.69 Å². The topological polar surface area (TPSA) is 76.1 Å². The number of rotatable bonds is 7. The molecule has 8 heteroatoms. The molecule has 2 rings (SSSR count). The number of β-lactam (4-membered cyclic amide) rings is 1. The van der Waals surface area contributed by atoms with Crippen molar-refractivity contribution in [2.45, 2.75) is 45.6 Å². The molecule has 0 spiro atoms. The van der Waals surface area contributed by atoms with Crippen molar-refractivity contribution in [2.24, 2.45) is 17.3 Å². The summed E-state index contributed by atoms with van der Waals surface area (Å²) in [5.74, 6) is -1.21. The van der Waals surface area contributed by atoms with Gasteiger partial charge in [0.15, 0.2) is 0 Å². The number of ether oxygens (including phenoxy) is 1. The van der Waals surface area contributed by atoms with E-state index in [0.29, 0.717) is 4.91 Å². The van der Waals surface area contributed by atoms with E-state index in [1.807, 2.05) is 13.8 Å². The van der Waals surface area contributed by atoms with Crippen LogP contribution in [0.25, 0.3) is 0 Å². The van der Waals surface area contributed by atoms with Gasteiger partial charge >= 0.3 is 5.97 Å². The van der Waals surface area contributed by atoms with Crippen molar-refractivity contribution in [3.05, 3.63) is 23.3 Å². The number of thioether (sulfide) groups is 1. The van der Waals surface area contributed by atoms with Crippen LogP contribution in [-0.4, -0.2) is 56.6 Å². The summed E-state index contributed by atoms with van der Waals surface area (Å²) in [7, 11) is 3.16. The Hall–Kier alpha value is -1.09. The van der Waals surface area contributed by atoms with E-state index in [1.54, 1.807) is 0 Å². The van der Waals surface area contributed by atoms with Crippen molar-refractivity contribution in [1.29, 1.82) is 0 Å². The van der Waals surface area contributed by atoms with Crippen molar-refractivity contribution in [1.82, 2.24) is 4.90 Å². The molecule has 0 aromatic heterocycles. The molecule has 1 saturated heterocycles. The molecule has 0 aliphatic carbocycles. The summed E-state index contributed by atoms with van der Waals surface area (Å²) in [6.07, 6.45) is 1.46. The van der Waals surface area contributed by atoms with E-state index < -0.39 is 11.6 Å². The zero-order valence-electron chi connectivity index (χ0n) is 15.9. The van der Waals surface area contributed by atoms with Crippen LogP contribution in [0, 0.1) is 17.3 Å². The van der Waals surface area contributed by atoms with Gasteiger partial charge in [0.1, 0.15) is 12.3 Å². The molecule has 0 aromatic rings. The van der Waals surface area contributed by atoms with Gasteiger partial charge < -0.3 is 14.3 Å². The van der Waals surface area contributed by atoms with E-state index in [1.165, 1.54) is 22.7 Å². The van der Waals surface area contributed by atoms with Crippen LogP contribution < -0.4 is 0 Å². The van der Waals surface area contributed by atoms with Gasteiger partial charge in [-0.1, -0.05) is 45.2 Å². The maximum atomic E-state index is 13.0. The predicted molar refractivity (Wildman–Crippen MR) is 101 cm³/mol. The number of hydrogen-bond acceptors (Lipinski definition) is 6. The molecule has 2 heterocycles. The summed E-state index contributed by atoms with van der Waals surface area (Å²) in [5, 5.41) is 9.43. The van der Waals surface area contributed by atoms with Gasteiger partial charge in [0.2, 0.25) is 16.4 Å². The molecule has 143 valence electrons. The third-order valence-corrected chi connectivity index (χ3v) is 6.70. The van der Waals surface area contributed by atoms with E-state index in [4.69, 9.17) is 9.16 Å². The summed E-state index contributed by atoms with van der Waals surface area (Å²) < 4.78 is 10.6. The van der Waals surface area contributed by atoms with Crippen molar-refractivity contribution >= 4 is 34.1 Å². The summed E-state index contributed by atoms with van der Waals surface area (Å²) in [5.41, 5.74) is -0.669. The van der Waals surface area contributed by atoms with Gasteiger partial charge in [-0.2, -0.15) is 0 Å². The molecule has 2 aliphatic rings. The molecule has 3 radical (unpaired) electrons. The minimum absolute atomic E-state index is 0.0523. The lowest BCUT2D eigenvalue weighted by Crippen LogP contribution is -2.65. The van der Waals surface area contributed by atoms with Crippen molar-refractivity contribution in [3.8, 4) is 0 Å². The van der Waals surface area contributed by atoms with Crippen LogP contribution in [-0.2, 0) is 18.8 Å². The summed E-state index contributed by atoms with van der Waals surface area (Å²) in [6, 6.07) is 0. The number of carbonyl (C=O) groups excluding carboxylic acids is 2. The average molecular weight is 397 g/mol. The average Bonchev–Trinajstić information content (AvgIpc) is 2.91. The fourth-order valence-electron chi connectivity index (χ4n) is 4.10. The number of amides is 1. The summed E-state index contributed by atoms with van der Waals surface area (Å²) in [4.78, 5) is 27.3. The first kappa shape index (κ1) is 21.2. The first-order chi connectivity index (χ1) is 12.0. The predicted octanol–water partition coefficient (Wildman–Crippen LogP) is 1.99. The Bertz CT molecular complexity index is 640. The second-order valence-electron chi connectivity index (χ2n) is 8.11. The van der Waals surface area contributed by atoms with E-state index >= 15 is 0 Å². The molecule has 0 saturated carbocycles.